The molecule has 0 aliphatic carbocycles. The van der Waals surface area contributed by atoms with Gasteiger partial charge in [0, 0.05) is 37.5 Å². The number of hydrogen-bond acceptors (Lipinski definition) is 6. The molecule has 31 heavy (non-hydrogen) atoms. The molecule has 3 heterocycles. The fourth-order valence-corrected chi connectivity index (χ4v) is 3.31. The summed E-state index contributed by atoms with van der Waals surface area (Å²) in [6, 6.07) is 12.1. The van der Waals surface area contributed by atoms with Gasteiger partial charge in [0.05, 0.1) is 43.3 Å². The molecule has 0 amide bonds. The molecule has 0 aromatic carbocycles. The molecule has 0 fully saturated rings. The first-order valence-corrected chi connectivity index (χ1v) is 10.6. The van der Waals surface area contributed by atoms with Crippen LogP contribution >= 0.6 is 0 Å². The Morgan fingerprint density at radius 2 is 1.06 bits per heavy atom. The zero-order chi connectivity index (χ0) is 22.1. The minimum Gasteiger partial charge on any atom is -0.395 e. The van der Waals surface area contributed by atoms with Crippen LogP contribution in [0, 0.1) is 20.8 Å². The molecule has 1 N–H and O–H groups in total. The predicted octanol–water partition coefficient (Wildman–Crippen LogP) is 3.76. The van der Waals surface area contributed by atoms with E-state index < -0.39 is 0 Å². The van der Waals surface area contributed by atoms with E-state index in [4.69, 9.17) is 0 Å². The number of nitrogens with zero attached hydrogens (tertiary/aromatic N) is 5. The number of aliphatic hydroxyl groups is 1. The number of hydrogen-bond donors (Lipinski definition) is 1. The van der Waals surface area contributed by atoms with Crippen LogP contribution in [0.25, 0.3) is 0 Å². The highest BCUT2D eigenvalue weighted by Gasteiger charge is 2.10. The van der Waals surface area contributed by atoms with E-state index in [1.54, 1.807) is 0 Å². The van der Waals surface area contributed by atoms with Gasteiger partial charge < -0.3 is 14.9 Å². The zero-order valence-electron chi connectivity index (χ0n) is 18.6. The van der Waals surface area contributed by atoms with Crippen LogP contribution in [0.15, 0.2) is 67.4 Å². The van der Waals surface area contributed by atoms with Crippen molar-refractivity contribution in [2.75, 3.05) is 13.2 Å². The molecule has 0 saturated carbocycles. The summed E-state index contributed by atoms with van der Waals surface area (Å²) in [5, 5.41) is 9.56. The Bertz CT molecular complexity index is 957. The van der Waals surface area contributed by atoms with Crippen LogP contribution in [-0.4, -0.2) is 43.0 Å². The fourth-order valence-electron chi connectivity index (χ4n) is 3.31. The van der Waals surface area contributed by atoms with Gasteiger partial charge in [-0.3, -0.25) is 15.0 Å². The van der Waals surface area contributed by atoms with E-state index in [0.29, 0.717) is 26.2 Å². The summed E-state index contributed by atoms with van der Waals surface area (Å²) in [6.45, 7) is 8.83. The fraction of sp³-hybridized carbons (Fsp3) is 0.320. The van der Waals surface area contributed by atoms with Gasteiger partial charge in [0.2, 0.25) is 0 Å². The minimum atomic E-state index is 0.0783. The van der Waals surface area contributed by atoms with E-state index in [1.807, 2.05) is 43.0 Å². The standard InChI is InChI=1S/C25H31N5O/c1-20-7-4-10-26-23(20)17-29(15-16-31)13-14-30(18-24-21(2)8-5-11-27-24)19-25-22(3)9-6-12-28-25/h4-14,31H,15-19H2,1-3H3. The molecule has 3 rings (SSSR count). The van der Waals surface area contributed by atoms with Gasteiger partial charge in [-0.25, -0.2) is 0 Å². The van der Waals surface area contributed by atoms with Gasteiger partial charge in [-0.05, 0) is 55.7 Å². The second kappa shape index (κ2) is 11.2. The van der Waals surface area contributed by atoms with E-state index in [1.165, 1.54) is 0 Å². The van der Waals surface area contributed by atoms with E-state index in [0.717, 1.165) is 33.8 Å². The predicted molar refractivity (Wildman–Crippen MR) is 123 cm³/mol. The SMILES string of the molecule is Cc1cccnc1CN(C=CN(Cc1ncccc1C)Cc1ncccc1C)CCO. The lowest BCUT2D eigenvalue weighted by Gasteiger charge is -2.24. The first-order valence-electron chi connectivity index (χ1n) is 10.6. The Kier molecular flexibility index (Phi) is 8.12. The van der Waals surface area contributed by atoms with Crippen LogP contribution < -0.4 is 0 Å². The van der Waals surface area contributed by atoms with Gasteiger partial charge in [-0.1, -0.05) is 18.2 Å². The van der Waals surface area contributed by atoms with Gasteiger partial charge >= 0.3 is 0 Å². The smallest absolute Gasteiger partial charge is 0.0625 e. The van der Waals surface area contributed by atoms with Crippen molar-refractivity contribution in [3.63, 3.8) is 0 Å². The Labute approximate surface area is 184 Å². The third-order valence-corrected chi connectivity index (χ3v) is 5.29. The highest BCUT2D eigenvalue weighted by atomic mass is 16.3. The third-order valence-electron chi connectivity index (χ3n) is 5.29. The number of aliphatic hydroxyl groups excluding tert-OH is 1. The van der Waals surface area contributed by atoms with Gasteiger partial charge in [0.15, 0.2) is 0 Å². The van der Waals surface area contributed by atoms with E-state index in [2.05, 4.69) is 69.9 Å². The Balaban J connectivity index is 1.82. The first kappa shape index (κ1) is 22.4. The summed E-state index contributed by atoms with van der Waals surface area (Å²) >= 11 is 0. The Morgan fingerprint density at radius 1 is 0.677 bits per heavy atom. The number of pyridine rings is 3. The van der Waals surface area contributed by atoms with Crippen LogP contribution in [0.3, 0.4) is 0 Å². The topological polar surface area (TPSA) is 65.4 Å². The van der Waals surface area contributed by atoms with Gasteiger partial charge in [-0.15, -0.1) is 0 Å². The van der Waals surface area contributed by atoms with Crippen LogP contribution in [0.1, 0.15) is 33.8 Å². The largest absolute Gasteiger partial charge is 0.395 e. The van der Waals surface area contributed by atoms with E-state index >= 15 is 0 Å². The highest BCUT2D eigenvalue weighted by Crippen LogP contribution is 2.14. The summed E-state index contributed by atoms with van der Waals surface area (Å²) in [5.41, 5.74) is 6.55. The molecular formula is C25H31N5O. The Morgan fingerprint density at radius 3 is 1.45 bits per heavy atom. The second-order valence-electron chi connectivity index (χ2n) is 7.70. The van der Waals surface area contributed by atoms with Crippen molar-refractivity contribution < 1.29 is 5.11 Å². The molecule has 0 aliphatic rings. The van der Waals surface area contributed by atoms with Crippen molar-refractivity contribution >= 4 is 0 Å². The molecule has 0 radical (unpaired) electrons. The maximum atomic E-state index is 9.56. The van der Waals surface area contributed by atoms with E-state index in [-0.39, 0.29) is 6.61 Å². The molecule has 0 atom stereocenters. The van der Waals surface area contributed by atoms with Gasteiger partial charge in [0.1, 0.15) is 0 Å². The van der Waals surface area contributed by atoms with Crippen LogP contribution in [0.5, 0.6) is 0 Å². The maximum Gasteiger partial charge on any atom is 0.0625 e. The van der Waals surface area contributed by atoms with Crippen molar-refractivity contribution in [2.45, 2.75) is 40.4 Å². The average molecular weight is 418 g/mol. The van der Waals surface area contributed by atoms with Crippen molar-refractivity contribution in [1.29, 1.82) is 0 Å². The Hall–Kier alpha value is -3.25. The number of aromatic nitrogens is 3. The molecule has 162 valence electrons. The highest BCUT2D eigenvalue weighted by molar-refractivity contribution is 5.21. The summed E-state index contributed by atoms with van der Waals surface area (Å²) < 4.78 is 0. The molecular weight excluding hydrogens is 386 g/mol. The van der Waals surface area contributed by atoms with Gasteiger partial charge in [-0.2, -0.15) is 0 Å². The molecule has 0 bridgehead atoms. The average Bonchev–Trinajstić information content (AvgIpc) is 2.76. The molecule has 0 saturated heterocycles. The summed E-state index contributed by atoms with van der Waals surface area (Å²) in [6.07, 6.45) is 9.57. The molecule has 6 heteroatoms. The van der Waals surface area contributed by atoms with Crippen molar-refractivity contribution in [2.24, 2.45) is 0 Å². The molecule has 3 aromatic rings. The minimum absolute atomic E-state index is 0.0783. The lowest BCUT2D eigenvalue weighted by atomic mass is 10.2. The van der Waals surface area contributed by atoms with E-state index in [9.17, 15) is 5.11 Å². The number of rotatable bonds is 10. The van der Waals surface area contributed by atoms with Crippen LogP contribution in [-0.2, 0) is 19.6 Å². The second-order valence-corrected chi connectivity index (χ2v) is 7.70. The molecule has 3 aromatic heterocycles. The molecule has 0 unspecified atom stereocenters. The van der Waals surface area contributed by atoms with Crippen molar-refractivity contribution in [1.82, 2.24) is 24.8 Å². The molecule has 0 aliphatic heterocycles. The number of aryl methyl sites for hydroxylation is 3. The van der Waals surface area contributed by atoms with Crippen molar-refractivity contribution in [3.05, 3.63) is 101 Å². The molecule has 0 spiro atoms. The zero-order valence-corrected chi connectivity index (χ0v) is 18.6. The van der Waals surface area contributed by atoms with Crippen LogP contribution in [0.2, 0.25) is 0 Å². The van der Waals surface area contributed by atoms with Crippen molar-refractivity contribution in [3.8, 4) is 0 Å². The summed E-state index contributed by atoms with van der Waals surface area (Å²) in [7, 11) is 0. The lowest BCUT2D eigenvalue weighted by molar-refractivity contribution is 0.228. The maximum absolute atomic E-state index is 9.56. The lowest BCUT2D eigenvalue weighted by Crippen LogP contribution is -2.24. The van der Waals surface area contributed by atoms with Crippen LogP contribution in [0.4, 0.5) is 0 Å². The summed E-state index contributed by atoms with van der Waals surface area (Å²) in [4.78, 5) is 17.9. The normalized spacial score (nSPS) is 11.1. The monoisotopic (exact) mass is 417 g/mol. The third kappa shape index (κ3) is 6.62. The first-order chi connectivity index (χ1) is 15.1. The quantitative estimate of drug-likeness (QED) is 0.542. The summed E-state index contributed by atoms with van der Waals surface area (Å²) in [5.74, 6) is 0. The molecule has 6 nitrogen and oxygen atoms in total. The van der Waals surface area contributed by atoms with Gasteiger partial charge in [0.25, 0.3) is 0 Å².